The molecule has 1 aliphatic heterocycles. The molecule has 2 aromatic heterocycles. The number of rotatable bonds is 7. The fourth-order valence-corrected chi connectivity index (χ4v) is 4.20. The maximum atomic E-state index is 5.52. The van der Waals surface area contributed by atoms with Gasteiger partial charge in [0.2, 0.25) is 11.8 Å². The van der Waals surface area contributed by atoms with E-state index in [0.717, 1.165) is 42.1 Å². The summed E-state index contributed by atoms with van der Waals surface area (Å²) in [5.41, 5.74) is 2.33. The van der Waals surface area contributed by atoms with E-state index in [1.54, 1.807) is 11.8 Å². The monoisotopic (exact) mass is 428 g/mol. The Balaban J connectivity index is 1.68. The summed E-state index contributed by atoms with van der Waals surface area (Å²) in [5.74, 6) is 2.40. The average Bonchev–Trinajstić information content (AvgIpc) is 3.42. The number of ether oxygens (including phenoxy) is 1. The van der Waals surface area contributed by atoms with Crippen LogP contribution < -0.4 is 4.90 Å². The van der Waals surface area contributed by atoms with E-state index in [4.69, 9.17) is 9.26 Å². The Morgan fingerprint density at radius 1 is 1.13 bits per heavy atom. The molecule has 0 bridgehead atoms. The first-order valence-electron chi connectivity index (χ1n) is 10.4. The minimum atomic E-state index is -0.0418. The van der Waals surface area contributed by atoms with Crippen LogP contribution >= 0.6 is 11.8 Å². The molecule has 8 nitrogen and oxygen atoms in total. The number of nitrogens with zero attached hydrogens (tertiary/aromatic N) is 6. The molecule has 1 aromatic carbocycles. The van der Waals surface area contributed by atoms with E-state index in [0.29, 0.717) is 19.1 Å². The largest absolute Gasteiger partial charge is 0.378 e. The third-order valence-corrected chi connectivity index (χ3v) is 6.12. The summed E-state index contributed by atoms with van der Waals surface area (Å²) < 4.78 is 13.2. The molecule has 0 aliphatic carbocycles. The first-order chi connectivity index (χ1) is 14.6. The summed E-state index contributed by atoms with van der Waals surface area (Å²) >= 11 is 1.58. The van der Waals surface area contributed by atoms with Gasteiger partial charge in [-0.3, -0.25) is 4.57 Å². The SMILES string of the molecule is CCc1cccc(-n2c(SC(C)c3nc(C(C)C)no3)nnc2N2CCOCC2)c1. The predicted octanol–water partition coefficient (Wildman–Crippen LogP) is 4.03. The molecule has 0 spiro atoms. The van der Waals surface area contributed by atoms with Crippen LogP contribution in [0, 0.1) is 0 Å². The van der Waals surface area contributed by atoms with Gasteiger partial charge in [-0.15, -0.1) is 10.2 Å². The van der Waals surface area contributed by atoms with Gasteiger partial charge in [-0.1, -0.05) is 49.8 Å². The van der Waals surface area contributed by atoms with Crippen molar-refractivity contribution in [3.8, 4) is 5.69 Å². The maximum absolute atomic E-state index is 5.52. The summed E-state index contributed by atoms with van der Waals surface area (Å²) in [6.07, 6.45) is 0.974. The first kappa shape index (κ1) is 20.9. The Bertz CT molecular complexity index is 980. The van der Waals surface area contributed by atoms with Crippen molar-refractivity contribution in [1.82, 2.24) is 24.9 Å². The van der Waals surface area contributed by atoms with E-state index in [1.807, 2.05) is 0 Å². The summed E-state index contributed by atoms with van der Waals surface area (Å²) in [4.78, 5) is 6.78. The molecule has 160 valence electrons. The smallest absolute Gasteiger partial charge is 0.239 e. The molecule has 1 aliphatic rings. The van der Waals surface area contributed by atoms with Gasteiger partial charge in [0.1, 0.15) is 0 Å². The molecular weight excluding hydrogens is 400 g/mol. The molecule has 1 unspecified atom stereocenters. The Labute approximate surface area is 181 Å². The number of hydrogen-bond acceptors (Lipinski definition) is 8. The topological polar surface area (TPSA) is 82.1 Å². The molecule has 3 aromatic rings. The van der Waals surface area contributed by atoms with Gasteiger partial charge in [0.25, 0.3) is 0 Å². The molecule has 3 heterocycles. The lowest BCUT2D eigenvalue weighted by Crippen LogP contribution is -2.37. The van der Waals surface area contributed by atoms with Crippen molar-refractivity contribution in [3.63, 3.8) is 0 Å². The predicted molar refractivity (Wildman–Crippen MR) is 116 cm³/mol. The molecule has 9 heteroatoms. The fraction of sp³-hybridized carbons (Fsp3) is 0.524. The molecule has 0 N–H and O–H groups in total. The first-order valence-corrected chi connectivity index (χ1v) is 11.3. The number of thioether (sulfide) groups is 1. The van der Waals surface area contributed by atoms with Gasteiger partial charge in [-0.2, -0.15) is 4.98 Å². The summed E-state index contributed by atoms with van der Waals surface area (Å²) in [5, 5.41) is 13.9. The zero-order valence-electron chi connectivity index (χ0n) is 17.9. The third kappa shape index (κ3) is 4.37. The Hall–Kier alpha value is -2.39. The lowest BCUT2D eigenvalue weighted by atomic mass is 10.1. The van der Waals surface area contributed by atoms with Crippen molar-refractivity contribution in [2.24, 2.45) is 0 Å². The van der Waals surface area contributed by atoms with Crippen molar-refractivity contribution in [3.05, 3.63) is 41.5 Å². The zero-order valence-corrected chi connectivity index (χ0v) is 18.7. The number of aryl methyl sites for hydroxylation is 1. The average molecular weight is 429 g/mol. The highest BCUT2D eigenvalue weighted by atomic mass is 32.2. The van der Waals surface area contributed by atoms with Gasteiger partial charge < -0.3 is 14.2 Å². The van der Waals surface area contributed by atoms with E-state index in [1.165, 1.54) is 5.56 Å². The van der Waals surface area contributed by atoms with Crippen LogP contribution in [0.25, 0.3) is 5.69 Å². The second kappa shape index (κ2) is 9.18. The van der Waals surface area contributed by atoms with Crippen molar-refractivity contribution >= 4 is 17.7 Å². The molecule has 0 radical (unpaired) electrons. The highest BCUT2D eigenvalue weighted by Crippen LogP contribution is 2.36. The highest BCUT2D eigenvalue weighted by molar-refractivity contribution is 7.99. The normalized spacial score (nSPS) is 15.7. The van der Waals surface area contributed by atoms with Gasteiger partial charge in [-0.25, -0.2) is 0 Å². The van der Waals surface area contributed by atoms with Gasteiger partial charge in [0, 0.05) is 19.0 Å². The molecule has 1 saturated heterocycles. The summed E-state index contributed by atoms with van der Waals surface area (Å²) in [6.45, 7) is 11.3. The third-order valence-electron chi connectivity index (χ3n) is 5.09. The number of benzene rings is 1. The second-order valence-electron chi connectivity index (χ2n) is 7.65. The minimum absolute atomic E-state index is 0.0418. The molecule has 1 fully saturated rings. The Morgan fingerprint density at radius 3 is 2.63 bits per heavy atom. The number of aromatic nitrogens is 5. The van der Waals surface area contributed by atoms with Crippen LogP contribution in [0.15, 0.2) is 33.9 Å². The van der Waals surface area contributed by atoms with Crippen LogP contribution in [-0.4, -0.2) is 51.2 Å². The Kier molecular flexibility index (Phi) is 6.38. The molecular formula is C21H28N6O2S. The van der Waals surface area contributed by atoms with Gasteiger partial charge in [0.15, 0.2) is 11.0 Å². The lowest BCUT2D eigenvalue weighted by Gasteiger charge is -2.28. The van der Waals surface area contributed by atoms with E-state index in [2.05, 4.69) is 81.8 Å². The van der Waals surface area contributed by atoms with Crippen molar-refractivity contribution in [2.45, 2.75) is 50.4 Å². The number of anilines is 1. The molecule has 4 rings (SSSR count). The lowest BCUT2D eigenvalue weighted by molar-refractivity contribution is 0.122. The number of hydrogen-bond donors (Lipinski definition) is 0. The highest BCUT2D eigenvalue weighted by Gasteiger charge is 2.25. The van der Waals surface area contributed by atoms with Crippen LogP contribution in [0.1, 0.15) is 56.1 Å². The van der Waals surface area contributed by atoms with Gasteiger partial charge in [-0.05, 0) is 31.0 Å². The molecule has 0 saturated carbocycles. The molecule has 1 atom stereocenters. The summed E-state index contributed by atoms with van der Waals surface area (Å²) in [6, 6.07) is 8.53. The van der Waals surface area contributed by atoms with Crippen LogP contribution in [0.4, 0.5) is 5.95 Å². The van der Waals surface area contributed by atoms with Gasteiger partial charge in [0.05, 0.1) is 24.2 Å². The van der Waals surface area contributed by atoms with E-state index in [-0.39, 0.29) is 11.2 Å². The van der Waals surface area contributed by atoms with Crippen LogP contribution in [-0.2, 0) is 11.2 Å². The van der Waals surface area contributed by atoms with Crippen molar-refractivity contribution < 1.29 is 9.26 Å². The summed E-state index contributed by atoms with van der Waals surface area (Å²) in [7, 11) is 0. The van der Waals surface area contributed by atoms with Crippen molar-refractivity contribution in [1.29, 1.82) is 0 Å². The standard InChI is InChI=1S/C21H28N6O2S/c1-5-16-7-6-8-17(13-16)27-20(26-9-11-28-12-10-26)23-24-21(27)30-15(4)19-22-18(14(2)3)25-29-19/h6-8,13-15H,5,9-12H2,1-4H3. The van der Waals surface area contributed by atoms with Crippen LogP contribution in [0.5, 0.6) is 0 Å². The Morgan fingerprint density at radius 2 is 1.93 bits per heavy atom. The van der Waals surface area contributed by atoms with E-state index < -0.39 is 0 Å². The second-order valence-corrected chi connectivity index (χ2v) is 8.95. The number of morpholine rings is 1. The van der Waals surface area contributed by atoms with Crippen LogP contribution in [0.3, 0.4) is 0 Å². The van der Waals surface area contributed by atoms with Gasteiger partial charge >= 0.3 is 0 Å². The van der Waals surface area contributed by atoms with Crippen molar-refractivity contribution in [2.75, 3.05) is 31.2 Å². The minimum Gasteiger partial charge on any atom is -0.378 e. The van der Waals surface area contributed by atoms with E-state index in [9.17, 15) is 0 Å². The quantitative estimate of drug-likeness (QED) is 0.522. The molecule has 0 amide bonds. The fourth-order valence-electron chi connectivity index (χ4n) is 3.30. The van der Waals surface area contributed by atoms with E-state index >= 15 is 0 Å². The van der Waals surface area contributed by atoms with Crippen LogP contribution in [0.2, 0.25) is 0 Å². The molecule has 30 heavy (non-hydrogen) atoms. The maximum Gasteiger partial charge on any atom is 0.239 e. The zero-order chi connectivity index (χ0) is 21.1.